The predicted octanol–water partition coefficient (Wildman–Crippen LogP) is -7.49. The molecule has 78 valence electrons. The third kappa shape index (κ3) is 17.8. The quantitative estimate of drug-likeness (QED) is 0.0949. The van der Waals surface area contributed by atoms with E-state index in [0.29, 0.717) is 24.1 Å². The van der Waals surface area contributed by atoms with Crippen molar-refractivity contribution in [1.82, 2.24) is 4.90 Å². The van der Waals surface area contributed by atoms with Crippen molar-refractivity contribution in [2.45, 2.75) is 0 Å². The maximum absolute atomic E-state index is 9.30. The second-order valence-electron chi connectivity index (χ2n) is 1.43. The fraction of sp³-hybridized carbons (Fsp3) is 0.200. The van der Waals surface area contributed by atoms with Crippen LogP contribution >= 0.6 is 24.1 Å². The Balaban J connectivity index is -0.000000845. The molecule has 0 N–H and O–H groups in total. The van der Waals surface area contributed by atoms with Gasteiger partial charge in [-0.1, -0.05) is 0 Å². The van der Waals surface area contributed by atoms with E-state index in [2.05, 4.69) is 41.3 Å². The Labute approximate surface area is 145 Å². The third-order valence-electron chi connectivity index (χ3n) is 0.634. The molecule has 0 aliphatic carbocycles. The van der Waals surface area contributed by atoms with Crippen molar-refractivity contribution in [3.05, 3.63) is 0 Å². The van der Waals surface area contributed by atoms with Gasteiger partial charge < -0.3 is 10.5 Å². The average molecular weight is 283 g/mol. The summed E-state index contributed by atoms with van der Waals surface area (Å²) in [7, 11) is 1.54. The molecule has 11 heteroatoms. The predicted molar refractivity (Wildman–Crippen MR) is 42.8 cm³/mol. The Morgan fingerprint density at radius 2 is 1.31 bits per heavy atom. The van der Waals surface area contributed by atoms with Crippen LogP contribution in [0.4, 0.5) is 0 Å². The summed E-state index contributed by atoms with van der Waals surface area (Å²) in [5.41, 5.74) is 0. The van der Waals surface area contributed by atoms with Crippen molar-refractivity contribution < 1.29 is 88.4 Å². The first-order valence-electron chi connectivity index (χ1n) is 2.80. The minimum atomic E-state index is 0. The molecular weight excluding hydrogens is 280 g/mol. The van der Waals surface area contributed by atoms with Crippen LogP contribution in [0.5, 0.6) is 0 Å². The molecule has 0 aromatic carbocycles. The molecule has 7 nitrogen and oxygen atoms in total. The van der Waals surface area contributed by atoms with E-state index in [-0.39, 0.29) is 59.1 Å². The number of hydrogen-bond acceptors (Lipinski definition) is 9. The SMILES string of the molecule is CN(C#CSOO[O-])C#CSOO[O-].[Na+].[Na+]. The molecule has 0 heterocycles. The van der Waals surface area contributed by atoms with Crippen LogP contribution in [0.25, 0.3) is 0 Å². The van der Waals surface area contributed by atoms with Gasteiger partial charge in [-0.2, -0.15) is 8.67 Å². The molecule has 0 aliphatic rings. The van der Waals surface area contributed by atoms with E-state index in [0.717, 1.165) is 0 Å². The maximum atomic E-state index is 9.30. The van der Waals surface area contributed by atoms with Crippen LogP contribution in [-0.4, -0.2) is 11.9 Å². The topological polar surface area (TPSA) is 86.3 Å². The molecule has 0 aromatic rings. The van der Waals surface area contributed by atoms with Gasteiger partial charge in [-0.05, 0) is 0 Å². The zero-order valence-corrected chi connectivity index (χ0v) is 14.3. The van der Waals surface area contributed by atoms with Gasteiger partial charge in [-0.15, -0.1) is 0 Å². The number of rotatable bonds is 4. The molecule has 0 unspecified atom stereocenters. The number of nitrogens with zero attached hydrogens (tertiary/aromatic N) is 1. The molecule has 0 amide bonds. The molecular formula is C5H3NNa2O6S2. The van der Waals surface area contributed by atoms with Crippen molar-refractivity contribution in [1.29, 1.82) is 0 Å². The van der Waals surface area contributed by atoms with Crippen LogP contribution in [-0.2, 0) is 18.7 Å². The summed E-state index contributed by atoms with van der Waals surface area (Å²) in [5, 5.41) is 29.3. The van der Waals surface area contributed by atoms with Gasteiger partial charge in [-0.3, -0.25) is 15.0 Å². The first kappa shape index (κ1) is 22.6. The minimum absolute atomic E-state index is 0. The summed E-state index contributed by atoms with van der Waals surface area (Å²) in [6.45, 7) is 0. The molecule has 0 aromatic heterocycles. The second kappa shape index (κ2) is 18.7. The van der Waals surface area contributed by atoms with Crippen molar-refractivity contribution in [3.63, 3.8) is 0 Å². The third-order valence-corrected chi connectivity index (χ3v) is 1.23. The smallest absolute Gasteiger partial charge is 0.691 e. The molecule has 16 heavy (non-hydrogen) atoms. The fourth-order valence-corrected chi connectivity index (χ4v) is 0.736. The van der Waals surface area contributed by atoms with E-state index >= 15 is 0 Å². The Bertz CT molecular complexity index is 235. The van der Waals surface area contributed by atoms with Crippen LogP contribution in [0.1, 0.15) is 0 Å². The van der Waals surface area contributed by atoms with Crippen molar-refractivity contribution in [3.8, 4) is 22.6 Å². The van der Waals surface area contributed by atoms with Gasteiger partial charge in [-0.25, -0.2) is 0 Å². The van der Waals surface area contributed by atoms with E-state index in [1.807, 2.05) is 0 Å². The molecule has 0 aliphatic heterocycles. The Kier molecular flexibility index (Phi) is 26.4. The molecule has 0 bridgehead atoms. The normalized spacial score (nSPS) is 7.19. The van der Waals surface area contributed by atoms with Crippen LogP contribution < -0.4 is 69.6 Å². The van der Waals surface area contributed by atoms with Crippen molar-refractivity contribution >= 4 is 24.1 Å². The molecule has 0 saturated carbocycles. The van der Waals surface area contributed by atoms with Crippen molar-refractivity contribution in [2.24, 2.45) is 0 Å². The maximum Gasteiger partial charge on any atom is 1.00 e. The first-order chi connectivity index (χ1) is 6.81. The summed E-state index contributed by atoms with van der Waals surface area (Å²) in [4.78, 5) is 1.25. The molecule has 0 fully saturated rings. The van der Waals surface area contributed by atoms with E-state index in [1.54, 1.807) is 0 Å². The van der Waals surface area contributed by atoms with E-state index in [4.69, 9.17) is 0 Å². The standard InChI is InChI=1S/C5H5NO6S2.2Na/c1-6(2-4-13-11-9-7)3-5-14-12-10-8;;/h7-8H,1H3;;/q;2*+1/p-2. The fourth-order valence-electron chi connectivity index (χ4n) is 0.264. The second-order valence-corrected chi connectivity index (χ2v) is 2.44. The van der Waals surface area contributed by atoms with Gasteiger partial charge in [0.25, 0.3) is 0 Å². The first-order valence-corrected chi connectivity index (χ1v) is 4.29. The zero-order chi connectivity index (χ0) is 10.6. The molecule has 0 atom stereocenters. The van der Waals surface area contributed by atoms with Crippen LogP contribution in [0.3, 0.4) is 0 Å². The molecule has 0 radical (unpaired) electrons. The average Bonchev–Trinajstić information content (AvgIpc) is 2.19. The Morgan fingerprint density at radius 1 is 0.938 bits per heavy atom. The van der Waals surface area contributed by atoms with Gasteiger partial charge in [0.15, 0.2) is 0 Å². The zero-order valence-electron chi connectivity index (χ0n) is 8.71. The van der Waals surface area contributed by atoms with Crippen LogP contribution in [0.2, 0.25) is 0 Å². The van der Waals surface area contributed by atoms with Crippen LogP contribution in [0, 0.1) is 22.6 Å². The summed E-state index contributed by atoms with van der Waals surface area (Å²) in [6.07, 6.45) is 0. The van der Waals surface area contributed by atoms with E-state index in [1.165, 1.54) is 11.9 Å². The summed E-state index contributed by atoms with van der Waals surface area (Å²) in [6, 6.07) is 4.87. The molecule has 0 saturated heterocycles. The minimum Gasteiger partial charge on any atom is -0.691 e. The Hall–Kier alpha value is 1.38. The van der Waals surface area contributed by atoms with Crippen LogP contribution in [0.15, 0.2) is 0 Å². The van der Waals surface area contributed by atoms with E-state index in [9.17, 15) is 10.5 Å². The summed E-state index contributed by atoms with van der Waals surface area (Å²) in [5.74, 6) is 0. The van der Waals surface area contributed by atoms with Gasteiger partial charge in [0.2, 0.25) is 0 Å². The summed E-state index contributed by atoms with van der Waals surface area (Å²) < 4.78 is 7.70. The monoisotopic (exact) mass is 283 g/mol. The van der Waals surface area contributed by atoms with Gasteiger partial charge in [0.1, 0.15) is 24.1 Å². The van der Waals surface area contributed by atoms with Gasteiger partial charge >= 0.3 is 59.1 Å². The largest absolute Gasteiger partial charge is 1.00 e. The Morgan fingerprint density at radius 3 is 1.62 bits per heavy atom. The summed E-state index contributed by atoms with van der Waals surface area (Å²) >= 11 is 1.01. The van der Waals surface area contributed by atoms with Gasteiger partial charge in [0.05, 0.1) is 0 Å². The van der Waals surface area contributed by atoms with Gasteiger partial charge in [0, 0.05) is 29.6 Å². The molecule has 0 rings (SSSR count). The van der Waals surface area contributed by atoms with Crippen molar-refractivity contribution in [2.75, 3.05) is 7.05 Å². The molecule has 0 spiro atoms. The van der Waals surface area contributed by atoms with E-state index < -0.39 is 0 Å². The number of hydrogen-bond donors (Lipinski definition) is 0.